The molecule has 0 radical (unpaired) electrons. The lowest BCUT2D eigenvalue weighted by Gasteiger charge is -2.36. The van der Waals surface area contributed by atoms with E-state index in [2.05, 4.69) is 24.9 Å². The number of nitrogen functional groups attached to an aromatic ring is 1. The Morgan fingerprint density at radius 1 is 0.789 bits per heavy atom. The molecule has 0 aliphatic carbocycles. The Hall–Kier alpha value is -2.21. The number of aliphatic hydroxyl groups excluding tert-OH is 1. The number of nitrogens with one attached hydrogen (secondary N) is 3. The van der Waals surface area contributed by atoms with E-state index < -0.39 is 141 Å². The van der Waals surface area contributed by atoms with Gasteiger partial charge in [0.1, 0.15) is 56.4 Å². The predicted octanol–water partition coefficient (Wildman–Crippen LogP) is -0.468. The number of rotatable bonds is 25. The number of aliphatic hydroxyl groups is 1. The number of methoxy groups -OCH3 is 1. The van der Waals surface area contributed by atoms with Gasteiger partial charge in [-0.05, 0) is 34.1 Å². The standard InChI is InChI=1S/C37H55N9O21P4S5/c1-17(2)64-69(54,73)58-13-22-21(10-26(62-22)46-16-39-27-30(46)40-35(38)41-33(27)50)66-71(75,76)60-14-23-20(9-25(61-23)44-11-18(3)31(48)42-36(44)51)65-70(55,74)59-15-24-28(67-68(53,72)57-8-6-7-47)29(56-5)34(63-24)45-12-19(4)32(49)43-37(45)52/h11-12,16-17,20-26,28-29,34,47H,6-10,13-15H2,1-5H3,(H,53,72)(H,54,73)(H,55,74)(H,75,76)(H,42,48,51)(H,43,49,52)(H3,38,40,41,50)/p-4/t20-,21-,22-,23-,24-,25-,26-,28+,29?,34-,68?,69?,70?/m1/s1. The largest absolute Gasteiger partial charge is 0.780 e. The molecule has 0 amide bonds. The minimum Gasteiger partial charge on any atom is -0.780 e. The summed E-state index contributed by atoms with van der Waals surface area (Å²) >= 11 is 26.9. The van der Waals surface area contributed by atoms with Crippen LogP contribution in [0.1, 0.15) is 62.9 Å². The summed E-state index contributed by atoms with van der Waals surface area (Å²) in [7, 11) is 1.21. The minimum absolute atomic E-state index is 0.0469. The lowest BCUT2D eigenvalue weighted by Crippen LogP contribution is -2.41. The van der Waals surface area contributed by atoms with E-state index in [0.29, 0.717) is 0 Å². The molecule has 39 heteroatoms. The van der Waals surface area contributed by atoms with Crippen molar-refractivity contribution in [3.05, 3.63) is 81.9 Å². The molecule has 0 aromatic carbocycles. The zero-order valence-corrected chi connectivity index (χ0v) is 48.2. The smallest absolute Gasteiger partial charge is 0.330 e. The highest BCUT2D eigenvalue weighted by atomic mass is 32.9. The van der Waals surface area contributed by atoms with Crippen LogP contribution in [0.4, 0.5) is 5.95 Å². The fourth-order valence-electron chi connectivity index (χ4n) is 8.03. The minimum atomic E-state index is -4.74. The van der Waals surface area contributed by atoms with Crippen molar-refractivity contribution in [2.45, 2.75) is 114 Å². The average molecular weight is 1240 g/mol. The molecule has 3 saturated heterocycles. The van der Waals surface area contributed by atoms with Crippen molar-refractivity contribution >= 4 is 103 Å². The van der Waals surface area contributed by atoms with E-state index >= 15 is 0 Å². The Balaban J connectivity index is 1.11. The lowest BCUT2D eigenvalue weighted by atomic mass is 10.1. The maximum absolute atomic E-state index is 14.2. The van der Waals surface area contributed by atoms with Crippen molar-refractivity contribution < 1.29 is 74.6 Å². The highest BCUT2D eigenvalue weighted by molar-refractivity contribution is 8.51. The van der Waals surface area contributed by atoms with Crippen molar-refractivity contribution in [2.75, 3.05) is 45.9 Å². The maximum atomic E-state index is 14.2. The number of imidazole rings is 1. The van der Waals surface area contributed by atoms with Crippen LogP contribution >= 0.6 is 25.9 Å². The van der Waals surface area contributed by atoms with Gasteiger partial charge in [-0.2, -0.15) is 4.98 Å². The number of hydrogen-bond donors (Lipinski definition) is 5. The highest BCUT2D eigenvalue weighted by Gasteiger charge is 2.49. The van der Waals surface area contributed by atoms with Gasteiger partial charge in [-0.3, -0.25) is 47.6 Å². The van der Waals surface area contributed by atoms with Crippen LogP contribution in [-0.4, -0.2) is 133 Å². The molecular weight excluding hydrogens is 1190 g/mol. The zero-order valence-electron chi connectivity index (χ0n) is 40.5. The molecule has 0 saturated carbocycles. The van der Waals surface area contributed by atoms with E-state index in [-0.39, 0.29) is 60.7 Å². The predicted molar refractivity (Wildman–Crippen MR) is 278 cm³/mol. The van der Waals surface area contributed by atoms with Crippen LogP contribution < -0.4 is 43.6 Å². The molecule has 6 N–H and O–H groups in total. The van der Waals surface area contributed by atoms with Gasteiger partial charge >= 0.3 is 11.4 Å². The Morgan fingerprint density at radius 3 is 1.99 bits per heavy atom. The van der Waals surface area contributed by atoms with Crippen LogP contribution in [0.5, 0.6) is 0 Å². The van der Waals surface area contributed by atoms with Crippen molar-refractivity contribution in [3.8, 4) is 0 Å². The van der Waals surface area contributed by atoms with Gasteiger partial charge in [0.05, 0.1) is 56.8 Å². The number of hydrogen-bond acceptors (Lipinski definition) is 29. The van der Waals surface area contributed by atoms with Crippen LogP contribution in [0, 0.1) is 13.8 Å². The summed E-state index contributed by atoms with van der Waals surface area (Å²) in [6.07, 6.45) is -9.85. The van der Waals surface area contributed by atoms with Gasteiger partial charge in [-0.25, -0.2) is 14.6 Å². The fraction of sp³-hybridized carbons (Fsp3) is 0.649. The summed E-state index contributed by atoms with van der Waals surface area (Å²) in [5.41, 5.74) is -1.59. The van der Waals surface area contributed by atoms with E-state index in [0.717, 1.165) is 9.13 Å². The number of aromatic amines is 3. The van der Waals surface area contributed by atoms with Gasteiger partial charge in [0, 0.05) is 50.1 Å². The summed E-state index contributed by atoms with van der Waals surface area (Å²) in [6.45, 7) is -9.51. The zero-order chi connectivity index (χ0) is 55.7. The summed E-state index contributed by atoms with van der Waals surface area (Å²) in [6, 6.07) is 0. The fourth-order valence-corrected chi connectivity index (χ4v) is 14.6. The third-order valence-electron chi connectivity index (χ3n) is 11.4. The summed E-state index contributed by atoms with van der Waals surface area (Å²) in [5.74, 6) is -0.203. The molecule has 3 aliphatic heterocycles. The first-order chi connectivity index (χ1) is 35.6. The number of anilines is 1. The van der Waals surface area contributed by atoms with Crippen LogP contribution in [0.3, 0.4) is 0 Å². The lowest BCUT2D eigenvalue weighted by molar-refractivity contribution is -0.215. The molecule has 3 fully saturated rings. The van der Waals surface area contributed by atoms with E-state index in [1.165, 1.54) is 44.2 Å². The first kappa shape index (κ1) is 61.4. The number of H-pyrrole nitrogens is 3. The topological polar surface area (TPSA) is 393 Å². The number of nitrogens with two attached hydrogens (primary N) is 1. The summed E-state index contributed by atoms with van der Waals surface area (Å²) < 4.78 is 87.5. The van der Waals surface area contributed by atoms with E-state index in [1.54, 1.807) is 13.8 Å². The number of fused-ring (bicyclic) bond motifs is 1. The van der Waals surface area contributed by atoms with Gasteiger partial charge in [0.15, 0.2) is 24.2 Å². The summed E-state index contributed by atoms with van der Waals surface area (Å²) in [5, 5.41) is 9.22. The molecular formula is C37H51N9O21P4S5-4. The average Bonchev–Trinajstić information content (AvgIpc) is 4.11. The second-order valence-corrected chi connectivity index (χ2v) is 30.4. The molecule has 0 spiro atoms. The Bertz CT molecular complexity index is 3250. The van der Waals surface area contributed by atoms with Gasteiger partial charge in [-0.15, -0.1) is 0 Å². The Morgan fingerprint density at radius 2 is 1.37 bits per heavy atom. The third kappa shape index (κ3) is 15.4. The molecule has 4 aromatic heterocycles. The molecule has 76 heavy (non-hydrogen) atoms. The number of aromatic nitrogens is 8. The van der Waals surface area contributed by atoms with Crippen molar-refractivity contribution in [1.82, 2.24) is 38.6 Å². The van der Waals surface area contributed by atoms with Crippen LogP contribution in [-0.2, 0) is 120 Å². The van der Waals surface area contributed by atoms with E-state index in [4.69, 9.17) is 121 Å². The molecule has 30 nitrogen and oxygen atoms in total. The van der Waals surface area contributed by atoms with Gasteiger partial charge < -0.3 is 100 Å². The molecule has 5 unspecified atom stereocenters. The first-order valence-corrected chi connectivity index (χ1v) is 33.9. The van der Waals surface area contributed by atoms with Crippen molar-refractivity contribution in [3.63, 3.8) is 0 Å². The number of nitrogens with zero attached hydrogens (tertiary/aromatic N) is 5. The van der Waals surface area contributed by atoms with Crippen molar-refractivity contribution in [2.24, 2.45) is 0 Å². The number of aryl methyl sites for hydroxylation is 2. The van der Waals surface area contributed by atoms with E-state index in [9.17, 15) is 43.4 Å². The van der Waals surface area contributed by atoms with Crippen molar-refractivity contribution in [1.29, 1.82) is 0 Å². The number of ether oxygens (including phenoxy) is 4. The van der Waals surface area contributed by atoms with Crippen LogP contribution in [0.2, 0.25) is 0 Å². The molecule has 7 rings (SSSR count). The second-order valence-electron chi connectivity index (χ2n) is 17.3. The van der Waals surface area contributed by atoms with Gasteiger partial charge in [0.2, 0.25) is 5.95 Å². The van der Waals surface area contributed by atoms with Crippen LogP contribution in [0.25, 0.3) is 11.2 Å². The SMILES string of the molecule is COC1[C@@H](OP([O-])(=S)OCCCO)[C@@H](COP(=O)([S-])O[C@@H]2C[C@H](n3cc(C)c(=O)[nH]c3=O)O[C@@H]2COP(=S)([S-])O[C@@H]2C[C@H](n3cnc4c(=O)[nH]c(N)nc43)O[C@@H]2COP([O-])(=S)OC(C)C)O[C@H]1n1cc(C)c(=O)[nH]c1=O. The maximum Gasteiger partial charge on any atom is 0.330 e. The monoisotopic (exact) mass is 1240 g/mol. The van der Waals surface area contributed by atoms with E-state index in [1.807, 2.05) is 0 Å². The molecule has 14 atom stereocenters. The molecule has 424 valence electrons. The molecule has 4 aromatic rings. The Labute approximate surface area is 456 Å². The first-order valence-electron chi connectivity index (χ1n) is 22.6. The molecule has 0 bridgehead atoms. The quantitative estimate of drug-likeness (QED) is 0.0318. The second kappa shape index (κ2) is 25.3. The van der Waals surface area contributed by atoms with Crippen LogP contribution in [0.15, 0.2) is 42.7 Å². The summed E-state index contributed by atoms with van der Waals surface area (Å²) in [4.78, 5) is 105. The Kier molecular flexibility index (Phi) is 20.4. The highest BCUT2D eigenvalue weighted by Crippen LogP contribution is 2.55. The van der Waals surface area contributed by atoms with Gasteiger partial charge in [0.25, 0.3) is 16.7 Å². The van der Waals surface area contributed by atoms with Gasteiger partial charge in [-0.1, -0.05) is 35.4 Å². The molecule has 7 heterocycles. The third-order valence-corrected chi connectivity index (χ3v) is 18.4. The normalized spacial score (nSPS) is 28.1. The molecule has 3 aliphatic rings.